The van der Waals surface area contributed by atoms with Crippen LogP contribution in [-0.2, 0) is 16.0 Å². The molecule has 0 fully saturated rings. The lowest BCUT2D eigenvalue weighted by Crippen LogP contribution is -2.21. The standard InChI is InChI=1S/C19H21NO5/c1-4-13-5-7-14(8-6-13)20-18(21)12-25-17-11-15(23-2)9-10-16(17)19(22)24-3/h5-11H,4,12H2,1-3H3,(H,20,21). The molecule has 0 atom stereocenters. The lowest BCUT2D eigenvalue weighted by molar-refractivity contribution is -0.118. The molecular weight excluding hydrogens is 322 g/mol. The third-order valence-corrected chi connectivity index (χ3v) is 3.60. The molecule has 25 heavy (non-hydrogen) atoms. The molecule has 0 spiro atoms. The van der Waals surface area contributed by atoms with Crippen LogP contribution in [0, 0.1) is 0 Å². The molecule has 1 N–H and O–H groups in total. The summed E-state index contributed by atoms with van der Waals surface area (Å²) in [7, 11) is 2.78. The van der Waals surface area contributed by atoms with E-state index in [1.54, 1.807) is 6.07 Å². The Kier molecular flexibility index (Phi) is 6.39. The highest BCUT2D eigenvalue weighted by molar-refractivity contribution is 5.94. The Morgan fingerprint density at radius 1 is 1.04 bits per heavy atom. The maximum atomic E-state index is 12.1. The molecule has 0 bridgehead atoms. The Labute approximate surface area is 146 Å². The van der Waals surface area contributed by atoms with Crippen LogP contribution in [0.25, 0.3) is 0 Å². The van der Waals surface area contributed by atoms with Crippen molar-refractivity contribution < 1.29 is 23.8 Å². The third kappa shape index (κ3) is 4.97. The van der Waals surface area contributed by atoms with Crippen molar-refractivity contribution >= 4 is 17.6 Å². The minimum Gasteiger partial charge on any atom is -0.497 e. The van der Waals surface area contributed by atoms with Crippen LogP contribution in [0.1, 0.15) is 22.8 Å². The highest BCUT2D eigenvalue weighted by atomic mass is 16.5. The Morgan fingerprint density at radius 2 is 1.76 bits per heavy atom. The van der Waals surface area contributed by atoms with Crippen molar-refractivity contribution in [2.75, 3.05) is 26.1 Å². The molecule has 0 aliphatic carbocycles. The van der Waals surface area contributed by atoms with Gasteiger partial charge in [0.2, 0.25) is 0 Å². The fraction of sp³-hybridized carbons (Fsp3) is 0.263. The quantitative estimate of drug-likeness (QED) is 0.782. The first-order valence-electron chi connectivity index (χ1n) is 7.85. The number of carbonyl (C=O) groups excluding carboxylic acids is 2. The van der Waals surface area contributed by atoms with Gasteiger partial charge >= 0.3 is 5.97 Å². The molecule has 0 aliphatic rings. The average Bonchev–Trinajstić information content (AvgIpc) is 2.66. The van der Waals surface area contributed by atoms with E-state index < -0.39 is 5.97 Å². The van der Waals surface area contributed by atoms with Gasteiger partial charge in [-0.25, -0.2) is 4.79 Å². The summed E-state index contributed by atoms with van der Waals surface area (Å²) in [5.41, 5.74) is 2.10. The number of esters is 1. The monoisotopic (exact) mass is 343 g/mol. The number of hydrogen-bond donors (Lipinski definition) is 1. The topological polar surface area (TPSA) is 73.9 Å². The van der Waals surface area contributed by atoms with E-state index in [1.165, 1.54) is 31.9 Å². The van der Waals surface area contributed by atoms with Crippen LogP contribution in [0.5, 0.6) is 11.5 Å². The number of rotatable bonds is 7. The smallest absolute Gasteiger partial charge is 0.341 e. The highest BCUT2D eigenvalue weighted by Gasteiger charge is 2.15. The van der Waals surface area contributed by atoms with Gasteiger partial charge in [0, 0.05) is 11.8 Å². The van der Waals surface area contributed by atoms with Crippen molar-refractivity contribution in [1.29, 1.82) is 0 Å². The van der Waals surface area contributed by atoms with E-state index in [2.05, 4.69) is 12.2 Å². The van der Waals surface area contributed by atoms with Crippen molar-refractivity contribution in [3.8, 4) is 11.5 Å². The summed E-state index contributed by atoms with van der Waals surface area (Å²) in [4.78, 5) is 23.8. The van der Waals surface area contributed by atoms with Crippen molar-refractivity contribution in [1.82, 2.24) is 0 Å². The predicted octanol–water partition coefficient (Wildman–Crippen LogP) is 3.06. The third-order valence-electron chi connectivity index (χ3n) is 3.60. The minimum absolute atomic E-state index is 0.225. The Balaban J connectivity index is 2.03. The molecule has 0 radical (unpaired) electrons. The average molecular weight is 343 g/mol. The summed E-state index contributed by atoms with van der Waals surface area (Å²) in [5.74, 6) is -0.142. The van der Waals surface area contributed by atoms with Crippen LogP contribution >= 0.6 is 0 Å². The second-order valence-electron chi connectivity index (χ2n) is 5.24. The molecule has 0 heterocycles. The van der Waals surface area contributed by atoms with Crippen LogP contribution in [0.2, 0.25) is 0 Å². The van der Waals surface area contributed by atoms with Crippen LogP contribution in [0.3, 0.4) is 0 Å². The molecule has 2 aromatic carbocycles. The molecule has 1 amide bonds. The zero-order valence-corrected chi connectivity index (χ0v) is 14.5. The summed E-state index contributed by atoms with van der Waals surface area (Å²) in [6, 6.07) is 12.3. The number of aryl methyl sites for hydroxylation is 1. The van der Waals surface area contributed by atoms with Gasteiger partial charge in [0.05, 0.1) is 14.2 Å². The van der Waals surface area contributed by atoms with Crippen molar-refractivity contribution in [2.45, 2.75) is 13.3 Å². The van der Waals surface area contributed by atoms with E-state index in [0.29, 0.717) is 11.4 Å². The molecule has 0 saturated carbocycles. The number of carbonyl (C=O) groups is 2. The van der Waals surface area contributed by atoms with Gasteiger partial charge in [-0.3, -0.25) is 4.79 Å². The van der Waals surface area contributed by atoms with E-state index in [9.17, 15) is 9.59 Å². The molecule has 0 aromatic heterocycles. The van der Waals surface area contributed by atoms with Crippen molar-refractivity contribution in [2.24, 2.45) is 0 Å². The van der Waals surface area contributed by atoms with Crippen LogP contribution in [0.15, 0.2) is 42.5 Å². The number of methoxy groups -OCH3 is 2. The van der Waals surface area contributed by atoms with E-state index in [-0.39, 0.29) is 23.8 Å². The summed E-state index contributed by atoms with van der Waals surface area (Å²) in [6.07, 6.45) is 0.934. The Bertz CT molecular complexity index is 740. The number of amides is 1. The van der Waals surface area contributed by atoms with E-state index >= 15 is 0 Å². The Hall–Kier alpha value is -3.02. The summed E-state index contributed by atoms with van der Waals surface area (Å²) in [6.45, 7) is 1.82. The second-order valence-corrected chi connectivity index (χ2v) is 5.24. The van der Waals surface area contributed by atoms with Crippen molar-refractivity contribution in [3.05, 3.63) is 53.6 Å². The minimum atomic E-state index is -0.548. The first-order valence-corrected chi connectivity index (χ1v) is 7.85. The van der Waals surface area contributed by atoms with Gasteiger partial charge in [0.1, 0.15) is 17.1 Å². The molecule has 0 aliphatic heterocycles. The van der Waals surface area contributed by atoms with Gasteiger partial charge in [-0.05, 0) is 36.2 Å². The van der Waals surface area contributed by atoms with Gasteiger partial charge in [-0.2, -0.15) is 0 Å². The lowest BCUT2D eigenvalue weighted by Gasteiger charge is -2.12. The second kappa shape index (κ2) is 8.73. The highest BCUT2D eigenvalue weighted by Crippen LogP contribution is 2.25. The zero-order valence-electron chi connectivity index (χ0n) is 14.5. The normalized spacial score (nSPS) is 10.0. The molecule has 6 heteroatoms. The number of anilines is 1. The summed E-state index contributed by atoms with van der Waals surface area (Å²) < 4.78 is 15.3. The first-order chi connectivity index (χ1) is 12.1. The van der Waals surface area contributed by atoms with Gasteiger partial charge < -0.3 is 19.5 Å². The van der Waals surface area contributed by atoms with E-state index in [1.807, 2.05) is 24.3 Å². The molecule has 2 aromatic rings. The van der Waals surface area contributed by atoms with E-state index in [4.69, 9.17) is 14.2 Å². The maximum absolute atomic E-state index is 12.1. The predicted molar refractivity (Wildman–Crippen MR) is 94.3 cm³/mol. The van der Waals surface area contributed by atoms with Gasteiger partial charge in [-0.15, -0.1) is 0 Å². The number of nitrogens with one attached hydrogen (secondary N) is 1. The number of hydrogen-bond acceptors (Lipinski definition) is 5. The van der Waals surface area contributed by atoms with Crippen LogP contribution in [0.4, 0.5) is 5.69 Å². The molecule has 6 nitrogen and oxygen atoms in total. The molecular formula is C19H21NO5. The first kappa shape index (κ1) is 18.3. The Morgan fingerprint density at radius 3 is 2.36 bits per heavy atom. The van der Waals surface area contributed by atoms with Gasteiger partial charge in [-0.1, -0.05) is 19.1 Å². The maximum Gasteiger partial charge on any atom is 0.341 e. The summed E-state index contributed by atoms with van der Waals surface area (Å²) in [5, 5.41) is 2.74. The summed E-state index contributed by atoms with van der Waals surface area (Å²) >= 11 is 0. The van der Waals surface area contributed by atoms with Gasteiger partial charge in [0.25, 0.3) is 5.91 Å². The molecule has 0 unspecified atom stereocenters. The molecule has 2 rings (SSSR count). The van der Waals surface area contributed by atoms with Crippen molar-refractivity contribution in [3.63, 3.8) is 0 Å². The number of benzene rings is 2. The fourth-order valence-electron chi connectivity index (χ4n) is 2.19. The molecule has 0 saturated heterocycles. The van der Waals surface area contributed by atoms with Crippen LogP contribution in [-0.4, -0.2) is 32.7 Å². The number of ether oxygens (including phenoxy) is 3. The fourth-order valence-corrected chi connectivity index (χ4v) is 2.19. The zero-order chi connectivity index (χ0) is 18.2. The van der Waals surface area contributed by atoms with E-state index in [0.717, 1.165) is 6.42 Å². The molecule has 132 valence electrons. The van der Waals surface area contributed by atoms with Gasteiger partial charge in [0.15, 0.2) is 6.61 Å². The SMILES string of the molecule is CCc1ccc(NC(=O)COc2cc(OC)ccc2C(=O)OC)cc1. The largest absolute Gasteiger partial charge is 0.497 e. The van der Waals surface area contributed by atoms with Crippen LogP contribution < -0.4 is 14.8 Å². The lowest BCUT2D eigenvalue weighted by atomic mass is 10.1.